The quantitative estimate of drug-likeness (QED) is 0.851. The van der Waals surface area contributed by atoms with Crippen LogP contribution < -0.4 is 19.9 Å². The van der Waals surface area contributed by atoms with Gasteiger partial charge in [-0.1, -0.05) is 6.07 Å². The summed E-state index contributed by atoms with van der Waals surface area (Å²) in [7, 11) is 1.57. The van der Waals surface area contributed by atoms with Crippen molar-refractivity contribution in [1.82, 2.24) is 0 Å². The number of nitrogens with one attached hydrogen (secondary N) is 1. The molecule has 0 spiro atoms. The van der Waals surface area contributed by atoms with Gasteiger partial charge in [-0.25, -0.2) is 0 Å². The Labute approximate surface area is 159 Å². The minimum atomic E-state index is -0.262. The zero-order chi connectivity index (χ0) is 19.2. The van der Waals surface area contributed by atoms with Crippen LogP contribution in [0.15, 0.2) is 48.5 Å². The standard InChI is InChI=1S/C21H25N3O3/c1-16(25)24(15-21(26)22-17-6-5-7-20(14-17)27-2)19-10-8-18(9-11-19)23-12-3-4-13-23/h5-11,14H,3-4,12-13,15H2,1-2H3,(H,22,26). The largest absolute Gasteiger partial charge is 0.497 e. The van der Waals surface area contributed by atoms with Gasteiger partial charge in [0.1, 0.15) is 12.3 Å². The third kappa shape index (κ3) is 4.78. The number of carbonyl (C=O) groups excluding carboxylic acids is 2. The summed E-state index contributed by atoms with van der Waals surface area (Å²) in [4.78, 5) is 28.3. The summed E-state index contributed by atoms with van der Waals surface area (Å²) in [6.45, 7) is 3.56. The van der Waals surface area contributed by atoms with E-state index in [9.17, 15) is 9.59 Å². The van der Waals surface area contributed by atoms with Crippen LogP contribution in [0.3, 0.4) is 0 Å². The Balaban J connectivity index is 1.67. The number of rotatable bonds is 6. The molecule has 6 heteroatoms. The highest BCUT2D eigenvalue weighted by molar-refractivity contribution is 6.01. The van der Waals surface area contributed by atoms with Crippen LogP contribution in [0.5, 0.6) is 5.75 Å². The maximum Gasteiger partial charge on any atom is 0.244 e. The molecule has 1 fully saturated rings. The number of carbonyl (C=O) groups is 2. The fraction of sp³-hybridized carbons (Fsp3) is 0.333. The van der Waals surface area contributed by atoms with E-state index in [1.165, 1.54) is 24.7 Å². The Morgan fingerprint density at radius 1 is 1.11 bits per heavy atom. The Kier molecular flexibility index (Phi) is 5.96. The number of hydrogen-bond donors (Lipinski definition) is 1. The summed E-state index contributed by atoms with van der Waals surface area (Å²) in [6.07, 6.45) is 2.43. The van der Waals surface area contributed by atoms with E-state index in [1.807, 2.05) is 24.3 Å². The predicted octanol–water partition coefficient (Wildman–Crippen LogP) is 3.29. The zero-order valence-corrected chi connectivity index (χ0v) is 15.8. The van der Waals surface area contributed by atoms with Gasteiger partial charge in [-0.3, -0.25) is 9.59 Å². The van der Waals surface area contributed by atoms with Crippen LogP contribution in [-0.4, -0.2) is 38.6 Å². The molecule has 1 heterocycles. The minimum Gasteiger partial charge on any atom is -0.497 e. The first-order chi connectivity index (χ1) is 13.1. The topological polar surface area (TPSA) is 61.9 Å². The normalized spacial score (nSPS) is 13.3. The lowest BCUT2D eigenvalue weighted by Crippen LogP contribution is -2.36. The molecule has 0 saturated carbocycles. The fourth-order valence-corrected chi connectivity index (χ4v) is 3.25. The highest BCUT2D eigenvalue weighted by atomic mass is 16.5. The first-order valence-electron chi connectivity index (χ1n) is 9.14. The highest BCUT2D eigenvalue weighted by Crippen LogP contribution is 2.24. The number of methoxy groups -OCH3 is 1. The van der Waals surface area contributed by atoms with E-state index in [4.69, 9.17) is 4.74 Å². The molecule has 1 N–H and O–H groups in total. The average molecular weight is 367 g/mol. The third-order valence-corrected chi connectivity index (χ3v) is 4.67. The van der Waals surface area contributed by atoms with Gasteiger partial charge in [0.25, 0.3) is 0 Å². The van der Waals surface area contributed by atoms with Crippen molar-refractivity contribution < 1.29 is 14.3 Å². The SMILES string of the molecule is COc1cccc(NC(=O)CN(C(C)=O)c2ccc(N3CCCC3)cc2)c1. The maximum atomic E-state index is 12.4. The second kappa shape index (κ2) is 8.58. The van der Waals surface area contributed by atoms with Gasteiger partial charge >= 0.3 is 0 Å². The van der Waals surface area contributed by atoms with Crippen molar-refractivity contribution in [2.24, 2.45) is 0 Å². The zero-order valence-electron chi connectivity index (χ0n) is 15.8. The summed E-state index contributed by atoms with van der Waals surface area (Å²) >= 11 is 0. The lowest BCUT2D eigenvalue weighted by Gasteiger charge is -2.23. The summed E-state index contributed by atoms with van der Waals surface area (Å²) in [5, 5.41) is 2.81. The van der Waals surface area contributed by atoms with Gasteiger partial charge in [0.2, 0.25) is 11.8 Å². The first kappa shape index (κ1) is 18.8. The van der Waals surface area contributed by atoms with E-state index in [0.717, 1.165) is 18.8 Å². The molecule has 27 heavy (non-hydrogen) atoms. The minimum absolute atomic E-state index is 0.0460. The Morgan fingerprint density at radius 2 is 1.81 bits per heavy atom. The molecule has 0 radical (unpaired) electrons. The van der Waals surface area contributed by atoms with Crippen LogP contribution in [0.2, 0.25) is 0 Å². The molecule has 3 rings (SSSR count). The van der Waals surface area contributed by atoms with Crippen LogP contribution in [0, 0.1) is 0 Å². The smallest absolute Gasteiger partial charge is 0.244 e. The summed E-state index contributed by atoms with van der Waals surface area (Å²) in [5.41, 5.74) is 2.50. The second-order valence-corrected chi connectivity index (χ2v) is 6.60. The molecule has 1 aliphatic heterocycles. The maximum absolute atomic E-state index is 12.4. The first-order valence-corrected chi connectivity index (χ1v) is 9.14. The van der Waals surface area contributed by atoms with Crippen molar-refractivity contribution in [1.29, 1.82) is 0 Å². The predicted molar refractivity (Wildman–Crippen MR) is 108 cm³/mol. The number of hydrogen-bond acceptors (Lipinski definition) is 4. The molecule has 0 aliphatic carbocycles. The molecule has 1 saturated heterocycles. The number of anilines is 3. The fourth-order valence-electron chi connectivity index (χ4n) is 3.25. The van der Waals surface area contributed by atoms with Gasteiger partial charge in [-0.05, 0) is 49.2 Å². The molecule has 2 aromatic rings. The van der Waals surface area contributed by atoms with E-state index in [0.29, 0.717) is 17.1 Å². The monoisotopic (exact) mass is 367 g/mol. The van der Waals surface area contributed by atoms with Crippen LogP contribution in [-0.2, 0) is 9.59 Å². The molecule has 0 aromatic heterocycles. The van der Waals surface area contributed by atoms with Gasteiger partial charge < -0.3 is 19.9 Å². The van der Waals surface area contributed by atoms with Crippen LogP contribution in [0.1, 0.15) is 19.8 Å². The van der Waals surface area contributed by atoms with Crippen molar-refractivity contribution in [2.45, 2.75) is 19.8 Å². The van der Waals surface area contributed by atoms with E-state index < -0.39 is 0 Å². The molecule has 0 atom stereocenters. The Morgan fingerprint density at radius 3 is 2.44 bits per heavy atom. The van der Waals surface area contributed by atoms with Gasteiger partial charge in [0.05, 0.1) is 7.11 Å². The van der Waals surface area contributed by atoms with Crippen molar-refractivity contribution in [3.63, 3.8) is 0 Å². The van der Waals surface area contributed by atoms with Gasteiger partial charge in [0.15, 0.2) is 0 Å². The number of nitrogens with zero attached hydrogens (tertiary/aromatic N) is 2. The Hall–Kier alpha value is -3.02. The molecule has 0 bridgehead atoms. The average Bonchev–Trinajstić information content (AvgIpc) is 3.21. The number of benzene rings is 2. The molecule has 2 aromatic carbocycles. The van der Waals surface area contributed by atoms with Gasteiger partial charge in [-0.15, -0.1) is 0 Å². The van der Waals surface area contributed by atoms with Crippen LogP contribution in [0.25, 0.3) is 0 Å². The van der Waals surface area contributed by atoms with E-state index in [-0.39, 0.29) is 18.4 Å². The van der Waals surface area contributed by atoms with Crippen molar-refractivity contribution in [3.8, 4) is 5.75 Å². The molecule has 6 nitrogen and oxygen atoms in total. The lowest BCUT2D eigenvalue weighted by atomic mass is 10.2. The molecular weight excluding hydrogens is 342 g/mol. The van der Waals surface area contributed by atoms with Gasteiger partial charge in [-0.2, -0.15) is 0 Å². The Bertz CT molecular complexity index is 799. The molecule has 2 amide bonds. The molecular formula is C21H25N3O3. The number of ether oxygens (including phenoxy) is 1. The van der Waals surface area contributed by atoms with E-state index in [1.54, 1.807) is 31.4 Å². The summed E-state index contributed by atoms with van der Waals surface area (Å²) in [6, 6.07) is 14.9. The van der Waals surface area contributed by atoms with Crippen molar-refractivity contribution in [2.75, 3.05) is 41.9 Å². The highest BCUT2D eigenvalue weighted by Gasteiger charge is 2.17. The second-order valence-electron chi connectivity index (χ2n) is 6.60. The van der Waals surface area contributed by atoms with Crippen LogP contribution in [0.4, 0.5) is 17.1 Å². The van der Waals surface area contributed by atoms with Gasteiger partial charge in [0, 0.05) is 43.1 Å². The van der Waals surface area contributed by atoms with Crippen LogP contribution >= 0.6 is 0 Å². The summed E-state index contributed by atoms with van der Waals surface area (Å²) in [5.74, 6) is 0.223. The van der Waals surface area contributed by atoms with E-state index in [2.05, 4.69) is 10.2 Å². The molecule has 142 valence electrons. The molecule has 1 aliphatic rings. The summed E-state index contributed by atoms with van der Waals surface area (Å²) < 4.78 is 5.16. The lowest BCUT2D eigenvalue weighted by molar-refractivity contribution is -0.120. The van der Waals surface area contributed by atoms with Crippen molar-refractivity contribution in [3.05, 3.63) is 48.5 Å². The third-order valence-electron chi connectivity index (χ3n) is 4.67. The van der Waals surface area contributed by atoms with E-state index >= 15 is 0 Å². The van der Waals surface area contributed by atoms with Crippen molar-refractivity contribution >= 4 is 28.9 Å². The molecule has 0 unspecified atom stereocenters. The number of amides is 2.